The van der Waals surface area contributed by atoms with Crippen molar-refractivity contribution in [3.8, 4) is 6.07 Å². The van der Waals surface area contributed by atoms with Crippen molar-refractivity contribution in [2.45, 2.75) is 6.92 Å². The van der Waals surface area contributed by atoms with Crippen molar-refractivity contribution >= 4 is 17.1 Å². The van der Waals surface area contributed by atoms with Crippen LogP contribution in [0, 0.1) is 28.4 Å². The van der Waals surface area contributed by atoms with Gasteiger partial charge in [-0.15, -0.1) is 0 Å². The summed E-state index contributed by atoms with van der Waals surface area (Å²) in [5.74, 6) is 0. The molecule has 2 rings (SSSR count). The number of hydrogen-bond acceptors (Lipinski definition) is 5. The zero-order valence-electron chi connectivity index (χ0n) is 10.1. The first-order chi connectivity index (χ1) is 9.10. The fourth-order valence-corrected chi connectivity index (χ4v) is 1.58. The topological polar surface area (TPSA) is 91.8 Å². The van der Waals surface area contributed by atoms with E-state index in [2.05, 4.69) is 10.3 Å². The summed E-state index contributed by atoms with van der Waals surface area (Å²) in [6.45, 7) is 1.69. The van der Waals surface area contributed by atoms with Gasteiger partial charge in [-0.2, -0.15) is 5.26 Å². The number of hydrogen-bond donors (Lipinski definition) is 1. The second-order valence-electron chi connectivity index (χ2n) is 3.93. The molecule has 0 aliphatic carbocycles. The van der Waals surface area contributed by atoms with E-state index in [-0.39, 0.29) is 5.69 Å². The number of pyridine rings is 1. The summed E-state index contributed by atoms with van der Waals surface area (Å²) >= 11 is 0. The largest absolute Gasteiger partial charge is 0.354 e. The van der Waals surface area contributed by atoms with Crippen LogP contribution < -0.4 is 5.32 Å². The number of aryl methyl sites for hydroxylation is 1. The Bertz CT molecular complexity index is 659. The summed E-state index contributed by atoms with van der Waals surface area (Å²) < 4.78 is 0. The second-order valence-corrected chi connectivity index (χ2v) is 3.93. The molecule has 0 bridgehead atoms. The van der Waals surface area contributed by atoms with E-state index in [9.17, 15) is 10.1 Å². The van der Waals surface area contributed by atoms with Gasteiger partial charge >= 0.3 is 0 Å². The van der Waals surface area contributed by atoms with Crippen molar-refractivity contribution in [1.82, 2.24) is 4.98 Å². The molecule has 1 aromatic carbocycles. The van der Waals surface area contributed by atoms with Gasteiger partial charge in [-0.05, 0) is 25.1 Å². The molecule has 0 atom stereocenters. The fourth-order valence-electron chi connectivity index (χ4n) is 1.58. The predicted octanol–water partition coefficient (Wildman–Crippen LogP) is 2.91. The minimum Gasteiger partial charge on any atom is -0.354 e. The lowest BCUT2D eigenvalue weighted by Gasteiger charge is -2.06. The Kier molecular flexibility index (Phi) is 3.39. The number of benzene rings is 1. The van der Waals surface area contributed by atoms with Gasteiger partial charge in [0.1, 0.15) is 11.8 Å². The van der Waals surface area contributed by atoms with E-state index in [1.54, 1.807) is 31.2 Å². The molecule has 1 heterocycles. The summed E-state index contributed by atoms with van der Waals surface area (Å²) in [6.07, 6.45) is 1.50. The summed E-state index contributed by atoms with van der Waals surface area (Å²) in [7, 11) is 0. The van der Waals surface area contributed by atoms with Crippen molar-refractivity contribution in [3.05, 3.63) is 57.9 Å². The zero-order valence-corrected chi connectivity index (χ0v) is 10.1. The number of nitriles is 1. The third-order valence-corrected chi connectivity index (χ3v) is 2.57. The average Bonchev–Trinajstić information content (AvgIpc) is 2.41. The maximum atomic E-state index is 10.8. The van der Waals surface area contributed by atoms with Crippen LogP contribution in [0.1, 0.15) is 11.3 Å². The van der Waals surface area contributed by atoms with Crippen LogP contribution >= 0.6 is 0 Å². The third-order valence-electron chi connectivity index (χ3n) is 2.57. The normalized spacial score (nSPS) is 9.68. The SMILES string of the molecule is Cc1ccc(Nc2ccc(C#N)nc2)cc1[N+](=O)[O-]. The van der Waals surface area contributed by atoms with Crippen molar-refractivity contribution in [1.29, 1.82) is 5.26 Å². The Morgan fingerprint density at radius 3 is 2.63 bits per heavy atom. The summed E-state index contributed by atoms with van der Waals surface area (Å²) in [5, 5.41) is 22.5. The molecule has 0 aliphatic rings. The number of nitrogens with one attached hydrogen (secondary N) is 1. The van der Waals surface area contributed by atoms with E-state index < -0.39 is 4.92 Å². The van der Waals surface area contributed by atoms with E-state index in [1.165, 1.54) is 12.3 Å². The Morgan fingerprint density at radius 2 is 2.05 bits per heavy atom. The first-order valence-corrected chi connectivity index (χ1v) is 5.48. The quantitative estimate of drug-likeness (QED) is 0.671. The lowest BCUT2D eigenvalue weighted by Crippen LogP contribution is -1.96. The average molecular weight is 254 g/mol. The first kappa shape index (κ1) is 12.5. The molecule has 0 unspecified atom stereocenters. The van der Waals surface area contributed by atoms with Crippen LogP contribution in [0.15, 0.2) is 36.5 Å². The Morgan fingerprint density at radius 1 is 1.32 bits per heavy atom. The molecular weight excluding hydrogens is 244 g/mol. The van der Waals surface area contributed by atoms with Crippen LogP contribution in [0.2, 0.25) is 0 Å². The van der Waals surface area contributed by atoms with Crippen LogP contribution in [0.3, 0.4) is 0 Å². The van der Waals surface area contributed by atoms with Gasteiger partial charge in [0.15, 0.2) is 0 Å². The molecule has 0 fully saturated rings. The highest BCUT2D eigenvalue weighted by Gasteiger charge is 2.10. The van der Waals surface area contributed by atoms with Crippen LogP contribution in [0.5, 0.6) is 0 Å². The molecule has 0 aliphatic heterocycles. The van der Waals surface area contributed by atoms with E-state index in [0.29, 0.717) is 22.6 Å². The van der Waals surface area contributed by atoms with E-state index in [1.807, 2.05) is 6.07 Å². The number of nitro benzene ring substituents is 1. The van der Waals surface area contributed by atoms with Gasteiger partial charge in [0.2, 0.25) is 0 Å². The highest BCUT2D eigenvalue weighted by molar-refractivity contribution is 5.63. The molecule has 0 saturated carbocycles. The molecule has 19 heavy (non-hydrogen) atoms. The third kappa shape index (κ3) is 2.84. The highest BCUT2D eigenvalue weighted by Crippen LogP contribution is 2.24. The van der Waals surface area contributed by atoms with Crippen molar-refractivity contribution in [2.24, 2.45) is 0 Å². The molecule has 0 spiro atoms. The fraction of sp³-hybridized carbons (Fsp3) is 0.0769. The number of nitrogens with zero attached hydrogens (tertiary/aromatic N) is 3. The van der Waals surface area contributed by atoms with Crippen molar-refractivity contribution < 1.29 is 4.92 Å². The number of aromatic nitrogens is 1. The van der Waals surface area contributed by atoms with Crippen LogP contribution in [0.4, 0.5) is 17.1 Å². The minimum absolute atomic E-state index is 0.0617. The molecule has 2 aromatic rings. The number of anilines is 2. The molecule has 6 heteroatoms. The highest BCUT2D eigenvalue weighted by atomic mass is 16.6. The molecule has 0 amide bonds. The second kappa shape index (κ2) is 5.14. The molecule has 0 radical (unpaired) electrons. The van der Waals surface area contributed by atoms with Gasteiger partial charge in [-0.25, -0.2) is 4.98 Å². The molecule has 0 saturated heterocycles. The summed E-state index contributed by atoms with van der Waals surface area (Å²) in [4.78, 5) is 14.3. The van der Waals surface area contributed by atoms with E-state index in [4.69, 9.17) is 5.26 Å². The standard InChI is InChI=1S/C13H10N4O2/c1-9-2-3-10(6-13(9)17(18)19)16-12-5-4-11(7-14)15-8-12/h2-6,8,16H,1H3. The lowest BCUT2D eigenvalue weighted by molar-refractivity contribution is -0.385. The zero-order chi connectivity index (χ0) is 13.8. The van der Waals surface area contributed by atoms with Gasteiger partial charge in [0, 0.05) is 17.3 Å². The maximum Gasteiger partial charge on any atom is 0.274 e. The molecule has 6 nitrogen and oxygen atoms in total. The van der Waals surface area contributed by atoms with Gasteiger partial charge in [0.25, 0.3) is 5.69 Å². The lowest BCUT2D eigenvalue weighted by atomic mass is 10.2. The van der Waals surface area contributed by atoms with E-state index >= 15 is 0 Å². The van der Waals surface area contributed by atoms with Crippen molar-refractivity contribution in [3.63, 3.8) is 0 Å². The Balaban J connectivity index is 2.25. The monoisotopic (exact) mass is 254 g/mol. The van der Waals surface area contributed by atoms with Crippen LogP contribution in [-0.4, -0.2) is 9.91 Å². The van der Waals surface area contributed by atoms with Crippen LogP contribution in [0.25, 0.3) is 0 Å². The van der Waals surface area contributed by atoms with Gasteiger partial charge in [-0.3, -0.25) is 10.1 Å². The minimum atomic E-state index is -0.419. The van der Waals surface area contributed by atoms with Crippen LogP contribution in [-0.2, 0) is 0 Å². The van der Waals surface area contributed by atoms with Gasteiger partial charge < -0.3 is 5.32 Å². The van der Waals surface area contributed by atoms with Crippen molar-refractivity contribution in [2.75, 3.05) is 5.32 Å². The number of rotatable bonds is 3. The molecule has 94 valence electrons. The first-order valence-electron chi connectivity index (χ1n) is 5.48. The Hall–Kier alpha value is -2.94. The van der Waals surface area contributed by atoms with Gasteiger partial charge in [-0.1, -0.05) is 6.07 Å². The predicted molar refractivity (Wildman–Crippen MR) is 70.1 cm³/mol. The maximum absolute atomic E-state index is 10.8. The molecular formula is C13H10N4O2. The Labute approximate surface area is 109 Å². The smallest absolute Gasteiger partial charge is 0.274 e. The molecule has 1 aromatic heterocycles. The molecule has 1 N–H and O–H groups in total. The van der Waals surface area contributed by atoms with E-state index in [0.717, 1.165) is 0 Å². The van der Waals surface area contributed by atoms with Gasteiger partial charge in [0.05, 0.1) is 16.8 Å². The number of nitro groups is 1. The summed E-state index contributed by atoms with van der Waals surface area (Å²) in [6, 6.07) is 10.1. The summed E-state index contributed by atoms with van der Waals surface area (Å²) in [5.41, 5.74) is 2.25.